The highest BCUT2D eigenvalue weighted by Crippen LogP contribution is 2.23. The maximum absolute atomic E-state index is 12.3. The normalized spacial score (nSPS) is 27.5. The van der Waals surface area contributed by atoms with E-state index in [1.165, 1.54) is 12.8 Å². The maximum atomic E-state index is 12.3. The summed E-state index contributed by atoms with van der Waals surface area (Å²) < 4.78 is 7.54. The van der Waals surface area contributed by atoms with Crippen molar-refractivity contribution >= 4 is 5.78 Å². The van der Waals surface area contributed by atoms with Crippen LogP contribution >= 0.6 is 0 Å². The van der Waals surface area contributed by atoms with Crippen LogP contribution in [0.15, 0.2) is 6.07 Å². The molecule has 2 fully saturated rings. The third-order valence-electron chi connectivity index (χ3n) is 4.20. The third kappa shape index (κ3) is 2.58. The largest absolute Gasteiger partial charge is 0.367 e. The van der Waals surface area contributed by atoms with Crippen LogP contribution in [0.1, 0.15) is 24.2 Å². The summed E-state index contributed by atoms with van der Waals surface area (Å²) in [4.78, 5) is 14.7. The monoisotopic (exact) mass is 263 g/mol. The number of rotatable bonds is 3. The van der Waals surface area contributed by atoms with Crippen molar-refractivity contribution in [1.82, 2.24) is 14.7 Å². The molecule has 1 aromatic rings. The van der Waals surface area contributed by atoms with Gasteiger partial charge in [-0.3, -0.25) is 14.4 Å². The highest BCUT2D eigenvalue weighted by Gasteiger charge is 2.35. The molecule has 3 rings (SSSR count). The number of carbonyl (C=O) groups excluding carboxylic acids is 1. The fraction of sp³-hybridized carbons (Fsp3) is 0.714. The molecule has 1 aromatic heterocycles. The number of fused-ring (bicyclic) bond motifs is 1. The minimum Gasteiger partial charge on any atom is -0.367 e. The Hall–Kier alpha value is -1.20. The van der Waals surface area contributed by atoms with E-state index in [4.69, 9.17) is 4.74 Å². The lowest BCUT2D eigenvalue weighted by molar-refractivity contribution is -0.137. The quantitative estimate of drug-likeness (QED) is 0.805. The van der Waals surface area contributed by atoms with Crippen molar-refractivity contribution in [3.63, 3.8) is 0 Å². The van der Waals surface area contributed by atoms with Crippen molar-refractivity contribution in [2.24, 2.45) is 7.05 Å². The second-order valence-electron chi connectivity index (χ2n) is 5.66. The lowest BCUT2D eigenvalue weighted by atomic mass is 10.1. The molecule has 0 amide bonds. The molecule has 5 heteroatoms. The van der Waals surface area contributed by atoms with Gasteiger partial charge in [-0.15, -0.1) is 0 Å². The molecule has 0 saturated carbocycles. The van der Waals surface area contributed by atoms with Crippen molar-refractivity contribution in [2.75, 3.05) is 19.7 Å². The van der Waals surface area contributed by atoms with Crippen molar-refractivity contribution in [1.29, 1.82) is 0 Å². The molecule has 2 unspecified atom stereocenters. The average Bonchev–Trinajstić information content (AvgIpc) is 2.95. The summed E-state index contributed by atoms with van der Waals surface area (Å²) in [6.07, 6.45) is 2.60. The third-order valence-corrected chi connectivity index (χ3v) is 4.20. The Morgan fingerprint density at radius 1 is 1.58 bits per heavy atom. The van der Waals surface area contributed by atoms with Crippen LogP contribution in [0, 0.1) is 6.92 Å². The van der Waals surface area contributed by atoms with Crippen molar-refractivity contribution in [3.8, 4) is 0 Å². The van der Waals surface area contributed by atoms with Gasteiger partial charge in [0.05, 0.1) is 18.7 Å². The molecule has 0 bridgehead atoms. The van der Waals surface area contributed by atoms with Crippen LogP contribution in [0.2, 0.25) is 0 Å². The minimum atomic E-state index is -0.260. The average molecular weight is 263 g/mol. The van der Waals surface area contributed by atoms with Gasteiger partial charge in [0.1, 0.15) is 6.10 Å². The SMILES string of the molecule is Cc1cc(CC(=O)C2CN3CCCC3CO2)n(C)n1. The lowest BCUT2D eigenvalue weighted by Crippen LogP contribution is -2.49. The molecule has 5 nitrogen and oxygen atoms in total. The summed E-state index contributed by atoms with van der Waals surface area (Å²) in [5.41, 5.74) is 1.92. The number of aromatic nitrogens is 2. The fourth-order valence-electron chi connectivity index (χ4n) is 3.13. The molecule has 2 aliphatic heterocycles. The fourth-order valence-corrected chi connectivity index (χ4v) is 3.13. The summed E-state index contributed by atoms with van der Waals surface area (Å²) >= 11 is 0. The van der Waals surface area contributed by atoms with Crippen molar-refractivity contribution in [2.45, 2.75) is 38.3 Å². The second kappa shape index (κ2) is 5.06. The predicted molar refractivity (Wildman–Crippen MR) is 71.0 cm³/mol. The van der Waals surface area contributed by atoms with Crippen LogP contribution in [-0.2, 0) is 23.0 Å². The standard InChI is InChI=1S/C14H21N3O2/c1-10-6-12(16(2)15-10)7-13(18)14-8-17-5-3-4-11(17)9-19-14/h6,11,14H,3-5,7-9H2,1-2H3. The molecule has 0 N–H and O–H groups in total. The molecule has 0 radical (unpaired) electrons. The summed E-state index contributed by atoms with van der Waals surface area (Å²) in [5, 5.41) is 4.28. The molecular weight excluding hydrogens is 242 g/mol. The number of ether oxygens (including phenoxy) is 1. The predicted octanol–water partition coefficient (Wildman–Crippen LogP) is 0.703. The number of ketones is 1. The van der Waals surface area contributed by atoms with Gasteiger partial charge in [0.15, 0.2) is 5.78 Å². The maximum Gasteiger partial charge on any atom is 0.168 e. The van der Waals surface area contributed by atoms with Crippen molar-refractivity contribution in [3.05, 3.63) is 17.5 Å². The Labute approximate surface area is 113 Å². The lowest BCUT2D eigenvalue weighted by Gasteiger charge is -2.34. The number of Topliss-reactive ketones (excluding diaryl/α,β-unsaturated/α-hetero) is 1. The van der Waals surface area contributed by atoms with Crippen molar-refractivity contribution < 1.29 is 9.53 Å². The van der Waals surface area contributed by atoms with Gasteiger partial charge in [-0.1, -0.05) is 0 Å². The number of morpholine rings is 1. The highest BCUT2D eigenvalue weighted by molar-refractivity contribution is 5.85. The number of aryl methyl sites for hydroxylation is 2. The minimum absolute atomic E-state index is 0.174. The van der Waals surface area contributed by atoms with Crippen LogP contribution in [0.4, 0.5) is 0 Å². The van der Waals surface area contributed by atoms with Gasteiger partial charge >= 0.3 is 0 Å². The van der Waals surface area contributed by atoms with Crippen LogP contribution in [0.5, 0.6) is 0 Å². The molecule has 104 valence electrons. The molecule has 0 aromatic carbocycles. The van der Waals surface area contributed by atoms with Gasteiger partial charge < -0.3 is 4.74 Å². The zero-order chi connectivity index (χ0) is 13.4. The molecule has 2 atom stereocenters. The Bertz CT molecular complexity index is 483. The van der Waals surface area contributed by atoms with Crippen LogP contribution < -0.4 is 0 Å². The van der Waals surface area contributed by atoms with Gasteiger partial charge in [0, 0.05) is 25.3 Å². The van der Waals surface area contributed by atoms with E-state index >= 15 is 0 Å². The van der Waals surface area contributed by atoms with E-state index in [1.54, 1.807) is 4.68 Å². The smallest absolute Gasteiger partial charge is 0.168 e. The first kappa shape index (κ1) is 12.8. The number of hydrogen-bond acceptors (Lipinski definition) is 4. The molecule has 3 heterocycles. The summed E-state index contributed by atoms with van der Waals surface area (Å²) in [7, 11) is 1.88. The summed E-state index contributed by atoms with van der Waals surface area (Å²) in [5.74, 6) is 0.174. The van der Waals surface area contributed by atoms with Crippen LogP contribution in [-0.4, -0.2) is 52.3 Å². The molecule has 0 spiro atoms. The number of nitrogens with zero attached hydrogens (tertiary/aromatic N) is 3. The first-order chi connectivity index (χ1) is 9.13. The first-order valence-corrected chi connectivity index (χ1v) is 7.01. The van der Waals surface area contributed by atoms with Gasteiger partial charge in [-0.25, -0.2) is 0 Å². The van der Waals surface area contributed by atoms with Crippen LogP contribution in [0.25, 0.3) is 0 Å². The zero-order valence-corrected chi connectivity index (χ0v) is 11.6. The molecule has 2 saturated heterocycles. The van der Waals surface area contributed by atoms with E-state index < -0.39 is 0 Å². The van der Waals surface area contributed by atoms with E-state index in [2.05, 4.69) is 10.00 Å². The first-order valence-electron chi connectivity index (χ1n) is 7.01. The number of carbonyl (C=O) groups is 1. The Morgan fingerprint density at radius 3 is 3.16 bits per heavy atom. The van der Waals surface area contributed by atoms with E-state index in [0.29, 0.717) is 19.1 Å². The second-order valence-corrected chi connectivity index (χ2v) is 5.66. The van der Waals surface area contributed by atoms with E-state index in [9.17, 15) is 4.79 Å². The molecular formula is C14H21N3O2. The Kier molecular flexibility index (Phi) is 3.41. The van der Waals surface area contributed by atoms with Crippen LogP contribution in [0.3, 0.4) is 0 Å². The number of hydrogen-bond donors (Lipinski definition) is 0. The zero-order valence-electron chi connectivity index (χ0n) is 11.6. The molecule has 0 aliphatic carbocycles. The molecule has 2 aliphatic rings. The van der Waals surface area contributed by atoms with Gasteiger partial charge in [-0.2, -0.15) is 5.10 Å². The van der Waals surface area contributed by atoms with Gasteiger partial charge in [-0.05, 0) is 32.4 Å². The summed E-state index contributed by atoms with van der Waals surface area (Å²) in [6.45, 7) is 4.53. The Balaban J connectivity index is 1.63. The van der Waals surface area contributed by atoms with E-state index in [-0.39, 0.29) is 11.9 Å². The summed E-state index contributed by atoms with van der Waals surface area (Å²) in [6, 6.07) is 2.52. The molecule has 19 heavy (non-hydrogen) atoms. The highest BCUT2D eigenvalue weighted by atomic mass is 16.5. The van der Waals surface area contributed by atoms with Gasteiger partial charge in [0.25, 0.3) is 0 Å². The van der Waals surface area contributed by atoms with E-state index in [1.807, 2.05) is 20.0 Å². The Morgan fingerprint density at radius 2 is 2.42 bits per heavy atom. The van der Waals surface area contributed by atoms with E-state index in [0.717, 1.165) is 24.5 Å². The topological polar surface area (TPSA) is 47.4 Å². The van der Waals surface area contributed by atoms with Gasteiger partial charge in [0.2, 0.25) is 0 Å².